The molecule has 0 aromatic heterocycles. The molecule has 0 aliphatic heterocycles. The minimum Gasteiger partial charge on any atom is -0.466 e. The van der Waals surface area contributed by atoms with Crippen LogP contribution in [0.2, 0.25) is 0 Å². The number of hydrogen-bond donors (Lipinski definition) is 4. The first kappa shape index (κ1) is 79.7. The third-order valence-corrected chi connectivity index (χ3v) is 11.1. The summed E-state index contributed by atoms with van der Waals surface area (Å²) in [4.78, 5) is 98.7. The molecule has 0 aliphatic rings. The second kappa shape index (κ2) is 62.6. The van der Waals surface area contributed by atoms with E-state index in [2.05, 4.69) is 42.9 Å². The number of carbonyl (C=O) groups is 8. The number of esters is 4. The van der Waals surface area contributed by atoms with Gasteiger partial charge in [0.25, 0.3) is 0 Å². The average molecular weight is 1200 g/mol. The Morgan fingerprint density at radius 2 is 0.762 bits per heavy atom. The number of amides is 4. The highest BCUT2D eigenvalue weighted by atomic mass is 16.6. The van der Waals surface area contributed by atoms with Gasteiger partial charge < -0.3 is 68.6 Å². The Labute approximate surface area is 500 Å². The molecule has 0 saturated carbocycles. The Morgan fingerprint density at radius 3 is 1.18 bits per heavy atom. The highest BCUT2D eigenvalue weighted by Crippen LogP contribution is 2.06. The van der Waals surface area contributed by atoms with E-state index in [0.717, 1.165) is 101 Å². The fourth-order valence-electron chi connectivity index (χ4n) is 6.56. The number of unbranched alkanes of at least 4 members (excludes halogenated alkanes) is 10. The number of benzene rings is 1. The summed E-state index contributed by atoms with van der Waals surface area (Å²) in [6.07, 6.45) is 17.7. The van der Waals surface area contributed by atoms with E-state index in [4.69, 9.17) is 42.6 Å². The fraction of sp³-hybridized carbons (Fsp3) is 0.733. The lowest BCUT2D eigenvalue weighted by Gasteiger charge is -2.07. The molecular weight excluding hydrogens is 1090 g/mol. The number of rotatable bonds is 49. The maximum atomic E-state index is 11.6. The molecule has 0 bridgehead atoms. The Morgan fingerprint density at radius 1 is 0.381 bits per heavy atom. The maximum Gasteiger partial charge on any atom is 0.407 e. The summed E-state index contributed by atoms with van der Waals surface area (Å²) in [6.45, 7) is 15.6. The normalized spacial score (nSPS) is 10.6. The molecule has 0 spiro atoms. The first-order valence-electron chi connectivity index (χ1n) is 30.1. The van der Waals surface area contributed by atoms with Gasteiger partial charge in [-0.3, -0.25) is 34.0 Å². The number of nitrogens with one attached hydrogen (secondary N) is 4. The standard InChI is InChI=1S/C26H42N4O7.C22H38O8.C12H24N2O3/c1-33-17-18-35-15-13-27-21-23-7-9-24(10-8-23)22-28-14-16-36-19-20-37-26(32)30-12-6-4-3-5-11-29-25(31)34-2;1-3-5-8-16-28-19(23)11-6-7-12-20(24)29-17-9-10-18-30-22(26)14-13-21(25)27-15-4-2;1-3-10-17-12(16)14-9-7-5-4-6-8-13-11(2)15/h7-10,21-22H,3-6,11-20H2,1-2H3,(H,29,31)(H,30,32);3-18H2,1-2H3;3-10H2,1-2H3,(H,13,15)(H,14,16). The monoisotopic (exact) mass is 1200 g/mol. The molecule has 0 atom stereocenters. The highest BCUT2D eigenvalue weighted by molar-refractivity contribution is 5.84. The quantitative estimate of drug-likeness (QED) is 0.0205. The van der Waals surface area contributed by atoms with Crippen molar-refractivity contribution in [3.05, 3.63) is 35.4 Å². The van der Waals surface area contributed by atoms with Crippen LogP contribution in [0.25, 0.3) is 0 Å². The van der Waals surface area contributed by atoms with Crippen LogP contribution in [0.5, 0.6) is 0 Å². The molecule has 24 nitrogen and oxygen atoms in total. The van der Waals surface area contributed by atoms with Crippen molar-refractivity contribution in [2.24, 2.45) is 9.98 Å². The Hall–Kier alpha value is -6.40. The van der Waals surface area contributed by atoms with Crippen molar-refractivity contribution in [1.29, 1.82) is 0 Å². The molecule has 1 aromatic rings. The van der Waals surface area contributed by atoms with Crippen LogP contribution in [-0.4, -0.2) is 187 Å². The predicted octanol–water partition coefficient (Wildman–Crippen LogP) is 8.55. The van der Waals surface area contributed by atoms with Gasteiger partial charge in [-0.25, -0.2) is 14.4 Å². The van der Waals surface area contributed by atoms with E-state index in [1.54, 1.807) is 13.3 Å². The largest absolute Gasteiger partial charge is 0.466 e. The minimum atomic E-state index is -0.446. The van der Waals surface area contributed by atoms with Crippen molar-refractivity contribution in [2.75, 3.05) is 126 Å². The third kappa shape index (κ3) is 61.7. The smallest absolute Gasteiger partial charge is 0.407 e. The van der Waals surface area contributed by atoms with Gasteiger partial charge in [0.2, 0.25) is 5.91 Å². The van der Waals surface area contributed by atoms with E-state index < -0.39 is 24.1 Å². The molecule has 4 N–H and O–H groups in total. The van der Waals surface area contributed by atoms with E-state index in [9.17, 15) is 38.4 Å². The van der Waals surface area contributed by atoms with E-state index >= 15 is 0 Å². The van der Waals surface area contributed by atoms with Crippen molar-refractivity contribution in [3.8, 4) is 0 Å². The van der Waals surface area contributed by atoms with Crippen LogP contribution < -0.4 is 21.3 Å². The summed E-state index contributed by atoms with van der Waals surface area (Å²) in [6, 6.07) is 7.94. The summed E-state index contributed by atoms with van der Waals surface area (Å²) < 4.78 is 50.2. The maximum absolute atomic E-state index is 11.6. The Bertz CT molecular complexity index is 1870. The second-order valence-corrected chi connectivity index (χ2v) is 18.8. The molecule has 0 heterocycles. The van der Waals surface area contributed by atoms with Gasteiger partial charge in [0, 0.05) is 65.5 Å². The molecule has 84 heavy (non-hydrogen) atoms. The van der Waals surface area contributed by atoms with Gasteiger partial charge in [0.1, 0.15) is 6.61 Å². The summed E-state index contributed by atoms with van der Waals surface area (Å²) >= 11 is 0. The first-order chi connectivity index (χ1) is 40.8. The van der Waals surface area contributed by atoms with Crippen LogP contribution in [0.4, 0.5) is 14.4 Å². The van der Waals surface area contributed by atoms with Crippen molar-refractivity contribution in [1.82, 2.24) is 21.3 Å². The van der Waals surface area contributed by atoms with Crippen LogP contribution >= 0.6 is 0 Å². The average Bonchev–Trinajstić information content (AvgIpc) is 3.55. The van der Waals surface area contributed by atoms with E-state index in [0.29, 0.717) is 118 Å². The Kier molecular flexibility index (Phi) is 59.4. The van der Waals surface area contributed by atoms with E-state index in [1.165, 1.54) is 14.0 Å². The molecule has 0 aliphatic carbocycles. The molecule has 24 heteroatoms. The zero-order chi connectivity index (χ0) is 62.2. The molecule has 0 saturated heterocycles. The summed E-state index contributed by atoms with van der Waals surface area (Å²) in [5, 5.41) is 10.8. The van der Waals surface area contributed by atoms with Gasteiger partial charge in [-0.2, -0.15) is 0 Å². The van der Waals surface area contributed by atoms with E-state index in [-0.39, 0.29) is 63.0 Å². The van der Waals surface area contributed by atoms with Gasteiger partial charge in [-0.05, 0) is 81.8 Å². The predicted molar refractivity (Wildman–Crippen MR) is 320 cm³/mol. The Balaban J connectivity index is 0. The SMILES string of the molecule is CCCCCOC(=O)CCCCC(=O)OCCCCOC(=O)CCC(=O)OCCC.CCCOC(=O)NCCCCCCNC(C)=O.COCCOCCN=Cc1ccc(C=NCCOCCOC(=O)NCCCCCCNC(=O)OC)cc1. The van der Waals surface area contributed by atoms with Crippen LogP contribution in [0.15, 0.2) is 34.3 Å². The topological polar surface area (TPSA) is 302 Å². The number of alkyl carbamates (subject to hydrolysis) is 3. The zero-order valence-corrected chi connectivity index (χ0v) is 51.6. The van der Waals surface area contributed by atoms with Crippen LogP contribution in [0.1, 0.15) is 174 Å². The van der Waals surface area contributed by atoms with Crippen LogP contribution in [0, 0.1) is 0 Å². The number of ether oxygens (including phenoxy) is 10. The van der Waals surface area contributed by atoms with Gasteiger partial charge in [0.15, 0.2) is 0 Å². The number of hydrogen-bond acceptors (Lipinski definition) is 20. The van der Waals surface area contributed by atoms with Gasteiger partial charge in [-0.15, -0.1) is 0 Å². The molecule has 1 aromatic carbocycles. The minimum absolute atomic E-state index is 0.00379. The molecular formula is C60H104N6O18. The van der Waals surface area contributed by atoms with Crippen LogP contribution in [-0.2, 0) is 71.3 Å². The fourth-order valence-corrected chi connectivity index (χ4v) is 6.56. The number of nitrogens with zero attached hydrogens (tertiary/aromatic N) is 2. The lowest BCUT2D eigenvalue weighted by molar-refractivity contribution is -0.150. The third-order valence-electron chi connectivity index (χ3n) is 11.1. The van der Waals surface area contributed by atoms with Gasteiger partial charge in [-0.1, -0.05) is 83.6 Å². The molecule has 482 valence electrons. The van der Waals surface area contributed by atoms with Crippen molar-refractivity contribution in [2.45, 2.75) is 163 Å². The lowest BCUT2D eigenvalue weighted by atomic mass is 10.1. The molecule has 1 rings (SSSR count). The zero-order valence-electron chi connectivity index (χ0n) is 51.6. The molecule has 0 radical (unpaired) electrons. The number of carbonyl (C=O) groups excluding carboxylic acids is 8. The second-order valence-electron chi connectivity index (χ2n) is 18.8. The highest BCUT2D eigenvalue weighted by Gasteiger charge is 2.10. The molecule has 4 amide bonds. The number of aliphatic imine (C=N–C) groups is 2. The lowest BCUT2D eigenvalue weighted by Crippen LogP contribution is -2.26. The summed E-state index contributed by atoms with van der Waals surface area (Å²) in [5.74, 6) is -1.33. The van der Waals surface area contributed by atoms with Gasteiger partial charge >= 0.3 is 42.2 Å². The van der Waals surface area contributed by atoms with E-state index in [1.807, 2.05) is 44.3 Å². The van der Waals surface area contributed by atoms with Crippen molar-refractivity contribution >= 4 is 60.5 Å². The van der Waals surface area contributed by atoms with Gasteiger partial charge in [0.05, 0.1) is 99.1 Å². The number of methoxy groups -OCH3 is 2. The first-order valence-corrected chi connectivity index (χ1v) is 30.1. The van der Waals surface area contributed by atoms with Crippen LogP contribution in [0.3, 0.4) is 0 Å². The molecule has 0 unspecified atom stereocenters. The molecule has 0 fully saturated rings. The summed E-state index contributed by atoms with van der Waals surface area (Å²) in [5.41, 5.74) is 2.02. The summed E-state index contributed by atoms with van der Waals surface area (Å²) in [7, 11) is 2.99. The van der Waals surface area contributed by atoms with Crippen molar-refractivity contribution < 1.29 is 85.7 Å². The van der Waals surface area contributed by atoms with Crippen molar-refractivity contribution in [3.63, 3.8) is 0 Å².